The lowest BCUT2D eigenvalue weighted by Crippen LogP contribution is -2.42. The number of β-amino-alcohol motifs (C(OH)–C–C–N with tert-alkyl or cyclic N) is 1. The number of hydrogen-bond donors (Lipinski definition) is 3. The number of para-hydroxylation sites is 1. The largest absolute Gasteiger partial charge is 0.489 e. The van der Waals surface area contributed by atoms with E-state index in [1.807, 2.05) is 30.5 Å². The topological polar surface area (TPSA) is 57.3 Å². The third kappa shape index (κ3) is 3.98. The van der Waals surface area contributed by atoms with Gasteiger partial charge in [0.05, 0.1) is 0 Å². The van der Waals surface area contributed by atoms with Crippen LogP contribution in [0.15, 0.2) is 30.5 Å². The summed E-state index contributed by atoms with van der Waals surface area (Å²) in [5.41, 5.74) is 1.04. The smallest absolute Gasteiger partial charge is 0.144 e. The molecule has 19 heavy (non-hydrogen) atoms. The standard InChI is InChI=1S/C15H22N2O2/c1-15(2,3)17-8-11(18)10-19-14-9-16-13-7-5-4-6-12(13)14/h4-7,9,11,16-18H,8,10H2,1-3H3. The van der Waals surface area contributed by atoms with Crippen molar-refractivity contribution < 1.29 is 9.84 Å². The second-order valence-corrected chi connectivity index (χ2v) is 5.79. The van der Waals surface area contributed by atoms with Gasteiger partial charge in [0.25, 0.3) is 0 Å². The molecular weight excluding hydrogens is 240 g/mol. The fourth-order valence-corrected chi connectivity index (χ4v) is 1.83. The number of H-pyrrole nitrogens is 1. The molecular formula is C15H22N2O2. The van der Waals surface area contributed by atoms with Crippen molar-refractivity contribution in [1.82, 2.24) is 10.3 Å². The summed E-state index contributed by atoms with van der Waals surface area (Å²) in [4.78, 5) is 3.15. The van der Waals surface area contributed by atoms with Gasteiger partial charge in [0.2, 0.25) is 0 Å². The Hall–Kier alpha value is -1.52. The summed E-state index contributed by atoms with van der Waals surface area (Å²) in [5.74, 6) is 0.783. The quantitative estimate of drug-likeness (QED) is 0.775. The molecule has 1 unspecified atom stereocenters. The van der Waals surface area contributed by atoms with E-state index in [9.17, 15) is 5.11 Å². The van der Waals surface area contributed by atoms with Gasteiger partial charge in [0.1, 0.15) is 18.5 Å². The molecule has 4 heteroatoms. The molecule has 1 aromatic carbocycles. The fourth-order valence-electron chi connectivity index (χ4n) is 1.83. The average Bonchev–Trinajstić information content (AvgIpc) is 2.76. The minimum absolute atomic E-state index is 0.00175. The number of aliphatic hydroxyl groups excluding tert-OH is 1. The van der Waals surface area contributed by atoms with Crippen molar-refractivity contribution in [3.05, 3.63) is 30.5 Å². The van der Waals surface area contributed by atoms with Crippen LogP contribution in [0.25, 0.3) is 10.9 Å². The monoisotopic (exact) mass is 262 g/mol. The van der Waals surface area contributed by atoms with Gasteiger partial charge < -0.3 is 20.1 Å². The molecule has 1 aromatic heterocycles. The number of hydrogen-bond acceptors (Lipinski definition) is 3. The molecule has 2 rings (SSSR count). The number of nitrogens with one attached hydrogen (secondary N) is 2. The number of fused-ring (bicyclic) bond motifs is 1. The van der Waals surface area contributed by atoms with E-state index in [-0.39, 0.29) is 12.1 Å². The Balaban J connectivity index is 1.88. The predicted molar refractivity (Wildman–Crippen MR) is 77.6 cm³/mol. The highest BCUT2D eigenvalue weighted by atomic mass is 16.5. The Kier molecular flexibility index (Phi) is 4.12. The van der Waals surface area contributed by atoms with Gasteiger partial charge in [-0.05, 0) is 32.9 Å². The van der Waals surface area contributed by atoms with Gasteiger partial charge in [-0.2, -0.15) is 0 Å². The molecule has 0 amide bonds. The van der Waals surface area contributed by atoms with Crippen LogP contribution in [0.1, 0.15) is 20.8 Å². The Morgan fingerprint density at radius 1 is 1.32 bits per heavy atom. The SMILES string of the molecule is CC(C)(C)NCC(O)COc1c[nH]c2ccccc12. The minimum Gasteiger partial charge on any atom is -0.489 e. The van der Waals surface area contributed by atoms with Crippen molar-refractivity contribution in [2.45, 2.75) is 32.4 Å². The lowest BCUT2D eigenvalue weighted by molar-refractivity contribution is 0.101. The lowest BCUT2D eigenvalue weighted by atomic mass is 10.1. The number of aliphatic hydroxyl groups is 1. The maximum absolute atomic E-state index is 9.89. The molecule has 0 spiro atoms. The number of aromatic amines is 1. The summed E-state index contributed by atoms with van der Waals surface area (Å²) >= 11 is 0. The maximum Gasteiger partial charge on any atom is 0.144 e. The summed E-state index contributed by atoms with van der Waals surface area (Å²) in [6.07, 6.45) is 1.31. The van der Waals surface area contributed by atoms with E-state index < -0.39 is 6.10 Å². The van der Waals surface area contributed by atoms with Gasteiger partial charge in [-0.1, -0.05) is 12.1 Å². The van der Waals surface area contributed by atoms with E-state index in [1.54, 1.807) is 0 Å². The number of rotatable bonds is 5. The molecule has 0 aliphatic heterocycles. The predicted octanol–water partition coefficient (Wildman–Crippen LogP) is 2.30. The molecule has 0 fully saturated rings. The maximum atomic E-state index is 9.89. The second kappa shape index (κ2) is 5.63. The highest BCUT2D eigenvalue weighted by Crippen LogP contribution is 2.24. The van der Waals surface area contributed by atoms with Gasteiger partial charge in [0, 0.05) is 29.2 Å². The molecule has 1 heterocycles. The zero-order valence-electron chi connectivity index (χ0n) is 11.7. The molecule has 0 aliphatic rings. The second-order valence-electron chi connectivity index (χ2n) is 5.79. The first-order valence-corrected chi connectivity index (χ1v) is 6.58. The van der Waals surface area contributed by atoms with Crippen molar-refractivity contribution in [2.75, 3.05) is 13.2 Å². The Morgan fingerprint density at radius 3 is 2.79 bits per heavy atom. The van der Waals surface area contributed by atoms with Gasteiger partial charge in [-0.3, -0.25) is 0 Å². The first kappa shape index (κ1) is 13.9. The molecule has 4 nitrogen and oxygen atoms in total. The van der Waals surface area contributed by atoms with Gasteiger partial charge >= 0.3 is 0 Å². The van der Waals surface area contributed by atoms with E-state index >= 15 is 0 Å². The van der Waals surface area contributed by atoms with Crippen molar-refractivity contribution in [3.63, 3.8) is 0 Å². The van der Waals surface area contributed by atoms with Crippen LogP contribution >= 0.6 is 0 Å². The van der Waals surface area contributed by atoms with E-state index in [0.717, 1.165) is 16.7 Å². The van der Waals surface area contributed by atoms with Crippen LogP contribution in [0, 0.1) is 0 Å². The summed E-state index contributed by atoms with van der Waals surface area (Å²) < 4.78 is 5.67. The van der Waals surface area contributed by atoms with Crippen molar-refractivity contribution in [3.8, 4) is 5.75 Å². The molecule has 0 radical (unpaired) electrons. The molecule has 0 saturated heterocycles. The van der Waals surface area contributed by atoms with E-state index in [2.05, 4.69) is 31.1 Å². The van der Waals surface area contributed by atoms with Crippen molar-refractivity contribution in [1.29, 1.82) is 0 Å². The minimum atomic E-state index is -0.520. The third-order valence-corrected chi connectivity index (χ3v) is 2.85. The van der Waals surface area contributed by atoms with Crippen LogP contribution in [0.2, 0.25) is 0 Å². The molecule has 104 valence electrons. The zero-order valence-corrected chi connectivity index (χ0v) is 11.7. The normalized spacial score (nSPS) is 13.7. The average molecular weight is 262 g/mol. The van der Waals surface area contributed by atoms with Crippen molar-refractivity contribution in [2.24, 2.45) is 0 Å². The van der Waals surface area contributed by atoms with Crippen LogP contribution < -0.4 is 10.1 Å². The highest BCUT2D eigenvalue weighted by Gasteiger charge is 2.13. The molecule has 0 aliphatic carbocycles. The van der Waals surface area contributed by atoms with E-state index in [1.165, 1.54) is 0 Å². The fraction of sp³-hybridized carbons (Fsp3) is 0.467. The van der Waals surface area contributed by atoms with Crippen LogP contribution in [0.4, 0.5) is 0 Å². The molecule has 0 bridgehead atoms. The van der Waals surface area contributed by atoms with Crippen LogP contribution in [-0.4, -0.2) is 34.9 Å². The summed E-state index contributed by atoms with van der Waals surface area (Å²) in [5, 5.41) is 14.2. The molecule has 3 N–H and O–H groups in total. The number of benzene rings is 1. The Bertz CT molecular complexity index is 528. The Morgan fingerprint density at radius 2 is 2.05 bits per heavy atom. The number of aromatic nitrogens is 1. The third-order valence-electron chi connectivity index (χ3n) is 2.85. The van der Waals surface area contributed by atoms with Crippen LogP contribution in [0.3, 0.4) is 0 Å². The van der Waals surface area contributed by atoms with Crippen LogP contribution in [0.5, 0.6) is 5.75 Å². The first-order chi connectivity index (χ1) is 8.96. The Labute approximate surface area is 113 Å². The zero-order chi connectivity index (χ0) is 13.9. The molecule has 2 aromatic rings. The van der Waals surface area contributed by atoms with Gasteiger partial charge in [-0.25, -0.2) is 0 Å². The van der Waals surface area contributed by atoms with Gasteiger partial charge in [0.15, 0.2) is 0 Å². The van der Waals surface area contributed by atoms with Crippen molar-refractivity contribution >= 4 is 10.9 Å². The number of ether oxygens (including phenoxy) is 1. The van der Waals surface area contributed by atoms with Crippen LogP contribution in [-0.2, 0) is 0 Å². The summed E-state index contributed by atoms with van der Waals surface area (Å²) in [6.45, 7) is 7.01. The highest BCUT2D eigenvalue weighted by molar-refractivity contribution is 5.85. The van der Waals surface area contributed by atoms with E-state index in [4.69, 9.17) is 4.74 Å². The molecule has 0 saturated carbocycles. The van der Waals surface area contributed by atoms with E-state index in [0.29, 0.717) is 6.54 Å². The lowest BCUT2D eigenvalue weighted by Gasteiger charge is -2.22. The molecule has 1 atom stereocenters. The first-order valence-electron chi connectivity index (χ1n) is 6.58. The summed E-state index contributed by atoms with van der Waals surface area (Å²) in [6, 6.07) is 7.95. The summed E-state index contributed by atoms with van der Waals surface area (Å²) in [7, 11) is 0. The van der Waals surface area contributed by atoms with Gasteiger partial charge in [-0.15, -0.1) is 0 Å².